The number of piperidine rings is 1. The average Bonchev–Trinajstić information content (AvgIpc) is 2.39. The van der Waals surface area contributed by atoms with Gasteiger partial charge in [0.2, 0.25) is 0 Å². The number of nitrogens with zero attached hydrogens (tertiary/aromatic N) is 1. The molecule has 1 aliphatic rings. The highest BCUT2D eigenvalue weighted by Crippen LogP contribution is 2.19. The molecule has 1 saturated heterocycles. The second kappa shape index (κ2) is 6.96. The van der Waals surface area contributed by atoms with Crippen LogP contribution in [0.25, 0.3) is 0 Å². The van der Waals surface area contributed by atoms with Gasteiger partial charge in [0, 0.05) is 18.7 Å². The number of nitrogens with one attached hydrogen (secondary N) is 1. The Bertz CT molecular complexity index is 378. The van der Waals surface area contributed by atoms with Crippen LogP contribution in [0.2, 0.25) is 0 Å². The van der Waals surface area contributed by atoms with Crippen molar-refractivity contribution in [3.05, 3.63) is 35.4 Å². The van der Waals surface area contributed by atoms with Crippen LogP contribution in [-0.2, 0) is 6.54 Å². The van der Waals surface area contributed by atoms with E-state index in [1.165, 1.54) is 31.5 Å². The van der Waals surface area contributed by atoms with Gasteiger partial charge < -0.3 is 10.2 Å². The molecule has 1 aromatic carbocycles. The first-order valence-electron chi connectivity index (χ1n) is 6.91. The predicted molar refractivity (Wildman–Crippen MR) is 73.3 cm³/mol. The van der Waals surface area contributed by atoms with Crippen molar-refractivity contribution in [3.63, 3.8) is 0 Å². The molecule has 1 atom stereocenters. The molecule has 1 heterocycles. The lowest BCUT2D eigenvalue weighted by atomic mass is 9.98. The first-order chi connectivity index (χ1) is 9.15. The maximum absolute atomic E-state index is 12.4. The zero-order valence-electron chi connectivity index (χ0n) is 11.4. The molecule has 0 saturated carbocycles. The van der Waals surface area contributed by atoms with Gasteiger partial charge in [0.05, 0.1) is 0 Å². The molecular formula is C15H22F2N2. The summed E-state index contributed by atoms with van der Waals surface area (Å²) in [4.78, 5) is 2.37. The minimum absolute atomic E-state index is 0.0951. The summed E-state index contributed by atoms with van der Waals surface area (Å²) in [5.74, 6) is 0.707. The SMILES string of the molecule is CN1CCCC(CNCc2ccc(C(F)F)cc2)C1. The van der Waals surface area contributed by atoms with E-state index < -0.39 is 6.43 Å². The summed E-state index contributed by atoms with van der Waals surface area (Å²) >= 11 is 0. The topological polar surface area (TPSA) is 15.3 Å². The largest absolute Gasteiger partial charge is 0.312 e. The van der Waals surface area contributed by atoms with E-state index in [0.717, 1.165) is 25.2 Å². The van der Waals surface area contributed by atoms with E-state index in [1.807, 2.05) is 0 Å². The van der Waals surface area contributed by atoms with E-state index in [4.69, 9.17) is 0 Å². The van der Waals surface area contributed by atoms with E-state index in [0.29, 0.717) is 5.92 Å². The third kappa shape index (κ3) is 4.55. The fourth-order valence-corrected chi connectivity index (χ4v) is 2.64. The van der Waals surface area contributed by atoms with Crippen molar-refractivity contribution in [1.29, 1.82) is 0 Å². The summed E-state index contributed by atoms with van der Waals surface area (Å²) in [6, 6.07) is 6.58. The van der Waals surface area contributed by atoms with Crippen molar-refractivity contribution in [3.8, 4) is 0 Å². The van der Waals surface area contributed by atoms with E-state index >= 15 is 0 Å². The van der Waals surface area contributed by atoms with Crippen LogP contribution in [0.1, 0.15) is 30.4 Å². The van der Waals surface area contributed by atoms with E-state index in [-0.39, 0.29) is 5.56 Å². The lowest BCUT2D eigenvalue weighted by Crippen LogP contribution is -2.37. The minimum atomic E-state index is -2.38. The van der Waals surface area contributed by atoms with Gasteiger partial charge in [-0.3, -0.25) is 0 Å². The van der Waals surface area contributed by atoms with Crippen LogP contribution in [0.15, 0.2) is 24.3 Å². The summed E-state index contributed by atoms with van der Waals surface area (Å²) in [5.41, 5.74) is 1.16. The Balaban J connectivity index is 1.73. The summed E-state index contributed by atoms with van der Waals surface area (Å²) in [7, 11) is 2.16. The summed E-state index contributed by atoms with van der Waals surface area (Å²) in [6.45, 7) is 4.10. The van der Waals surface area contributed by atoms with Gasteiger partial charge in [-0.2, -0.15) is 0 Å². The standard InChI is InChI=1S/C15H22F2N2/c1-19-8-2-3-13(11-19)10-18-9-12-4-6-14(7-5-12)15(16)17/h4-7,13,15,18H,2-3,8-11H2,1H3. The minimum Gasteiger partial charge on any atom is -0.312 e. The van der Waals surface area contributed by atoms with Crippen molar-refractivity contribution < 1.29 is 8.78 Å². The third-order valence-corrected chi connectivity index (χ3v) is 3.72. The van der Waals surface area contributed by atoms with Crippen LogP contribution >= 0.6 is 0 Å². The van der Waals surface area contributed by atoms with Crippen LogP contribution in [0.5, 0.6) is 0 Å². The van der Waals surface area contributed by atoms with Crippen LogP contribution in [0.3, 0.4) is 0 Å². The summed E-state index contributed by atoms with van der Waals surface area (Å²) in [6.07, 6.45) is 0.174. The first-order valence-corrected chi connectivity index (χ1v) is 6.91. The van der Waals surface area contributed by atoms with Gasteiger partial charge in [0.15, 0.2) is 0 Å². The van der Waals surface area contributed by atoms with Crippen LogP contribution in [-0.4, -0.2) is 31.6 Å². The van der Waals surface area contributed by atoms with Crippen molar-refractivity contribution in [2.24, 2.45) is 5.92 Å². The van der Waals surface area contributed by atoms with E-state index in [2.05, 4.69) is 17.3 Å². The van der Waals surface area contributed by atoms with Crippen molar-refractivity contribution in [2.75, 3.05) is 26.7 Å². The Kier molecular flexibility index (Phi) is 5.28. The Labute approximate surface area is 113 Å². The molecule has 0 aromatic heterocycles. The Hall–Kier alpha value is -1.00. The molecule has 0 radical (unpaired) electrons. The molecule has 2 rings (SSSR count). The number of halogens is 2. The molecule has 1 N–H and O–H groups in total. The molecule has 4 heteroatoms. The molecule has 2 nitrogen and oxygen atoms in total. The molecule has 1 aliphatic heterocycles. The van der Waals surface area contributed by atoms with Crippen molar-refractivity contribution in [1.82, 2.24) is 10.2 Å². The van der Waals surface area contributed by atoms with Crippen LogP contribution < -0.4 is 5.32 Å². The number of likely N-dealkylation sites (tertiary alicyclic amines) is 1. The maximum atomic E-state index is 12.4. The molecule has 0 aliphatic carbocycles. The van der Waals surface area contributed by atoms with Gasteiger partial charge >= 0.3 is 0 Å². The van der Waals surface area contributed by atoms with Gasteiger partial charge in [-0.05, 0) is 44.5 Å². The zero-order chi connectivity index (χ0) is 13.7. The second-order valence-electron chi connectivity index (χ2n) is 5.44. The van der Waals surface area contributed by atoms with Gasteiger partial charge in [0.1, 0.15) is 0 Å². The van der Waals surface area contributed by atoms with Crippen molar-refractivity contribution >= 4 is 0 Å². The summed E-state index contributed by atoms with van der Waals surface area (Å²) < 4.78 is 24.8. The highest BCUT2D eigenvalue weighted by atomic mass is 19.3. The van der Waals surface area contributed by atoms with Crippen LogP contribution in [0.4, 0.5) is 8.78 Å². The van der Waals surface area contributed by atoms with Gasteiger partial charge in [0.25, 0.3) is 6.43 Å². The maximum Gasteiger partial charge on any atom is 0.263 e. The molecule has 1 fully saturated rings. The molecule has 0 bridgehead atoms. The Morgan fingerprint density at radius 1 is 1.32 bits per heavy atom. The molecule has 1 unspecified atom stereocenters. The fourth-order valence-electron chi connectivity index (χ4n) is 2.64. The quantitative estimate of drug-likeness (QED) is 0.883. The summed E-state index contributed by atoms with van der Waals surface area (Å²) in [5, 5.41) is 3.43. The second-order valence-corrected chi connectivity index (χ2v) is 5.44. The highest BCUT2D eigenvalue weighted by molar-refractivity contribution is 5.23. The number of benzene rings is 1. The van der Waals surface area contributed by atoms with Crippen LogP contribution in [0, 0.1) is 5.92 Å². The molecule has 106 valence electrons. The number of rotatable bonds is 5. The van der Waals surface area contributed by atoms with Gasteiger partial charge in [-0.15, -0.1) is 0 Å². The normalized spacial score (nSPS) is 20.9. The van der Waals surface area contributed by atoms with E-state index in [9.17, 15) is 8.78 Å². The Morgan fingerprint density at radius 3 is 2.68 bits per heavy atom. The zero-order valence-corrected chi connectivity index (χ0v) is 11.4. The number of alkyl halides is 2. The number of hydrogen-bond acceptors (Lipinski definition) is 2. The average molecular weight is 268 g/mol. The molecule has 1 aromatic rings. The molecule has 0 spiro atoms. The third-order valence-electron chi connectivity index (χ3n) is 3.72. The molecule has 19 heavy (non-hydrogen) atoms. The lowest BCUT2D eigenvalue weighted by molar-refractivity contribution is 0.151. The fraction of sp³-hybridized carbons (Fsp3) is 0.600. The van der Waals surface area contributed by atoms with Crippen molar-refractivity contribution in [2.45, 2.75) is 25.8 Å². The lowest BCUT2D eigenvalue weighted by Gasteiger charge is -2.29. The monoisotopic (exact) mass is 268 g/mol. The Morgan fingerprint density at radius 2 is 2.05 bits per heavy atom. The van der Waals surface area contributed by atoms with Gasteiger partial charge in [-0.1, -0.05) is 24.3 Å². The molecule has 0 amide bonds. The first kappa shape index (κ1) is 14.4. The smallest absolute Gasteiger partial charge is 0.263 e. The highest BCUT2D eigenvalue weighted by Gasteiger charge is 2.16. The predicted octanol–water partition coefficient (Wildman–Crippen LogP) is 3.06. The van der Waals surface area contributed by atoms with E-state index in [1.54, 1.807) is 12.1 Å². The molecular weight excluding hydrogens is 246 g/mol. The van der Waals surface area contributed by atoms with Gasteiger partial charge in [-0.25, -0.2) is 8.78 Å². The number of hydrogen-bond donors (Lipinski definition) is 1.